The Balaban J connectivity index is 1.85. The van der Waals surface area contributed by atoms with Gasteiger partial charge in [-0.2, -0.15) is 4.98 Å². The first kappa shape index (κ1) is 15.3. The highest BCUT2D eigenvalue weighted by molar-refractivity contribution is 5.53. The van der Waals surface area contributed by atoms with E-state index in [-0.39, 0.29) is 11.9 Å². The first-order valence-electron chi connectivity index (χ1n) is 6.91. The molecule has 0 radical (unpaired) electrons. The summed E-state index contributed by atoms with van der Waals surface area (Å²) in [5.41, 5.74) is 4.38. The molecule has 1 aromatic heterocycles. The van der Waals surface area contributed by atoms with E-state index in [0.717, 1.165) is 18.5 Å². The Bertz CT molecular complexity index is 722. The van der Waals surface area contributed by atoms with Crippen LogP contribution in [0.3, 0.4) is 0 Å². The summed E-state index contributed by atoms with van der Waals surface area (Å²) >= 11 is 0. The zero-order chi connectivity index (χ0) is 16.6. The van der Waals surface area contributed by atoms with E-state index in [0.29, 0.717) is 11.9 Å². The zero-order valence-electron chi connectivity index (χ0n) is 12.1. The Morgan fingerprint density at radius 2 is 1.61 bits per heavy atom. The molecule has 0 aliphatic heterocycles. The van der Waals surface area contributed by atoms with Gasteiger partial charge in [0.25, 0.3) is 0 Å². The van der Waals surface area contributed by atoms with E-state index in [9.17, 15) is 17.6 Å². The van der Waals surface area contributed by atoms with Gasteiger partial charge in [-0.1, -0.05) is 0 Å². The largest absolute Gasteiger partial charge is 0.357 e. The Kier molecular flexibility index (Phi) is 3.93. The summed E-state index contributed by atoms with van der Waals surface area (Å²) in [4.78, 5) is 8.33. The summed E-state index contributed by atoms with van der Waals surface area (Å²) in [5.74, 6) is -5.18. The molecule has 5 nitrogen and oxygen atoms in total. The van der Waals surface area contributed by atoms with E-state index in [1.54, 1.807) is 13.1 Å². The molecule has 1 aliphatic rings. The monoisotopic (exact) mass is 327 g/mol. The second kappa shape index (κ2) is 5.90. The highest BCUT2D eigenvalue weighted by Crippen LogP contribution is 2.39. The van der Waals surface area contributed by atoms with Crippen molar-refractivity contribution in [1.82, 2.24) is 9.97 Å². The van der Waals surface area contributed by atoms with Crippen LogP contribution < -0.4 is 16.2 Å². The number of aromatic nitrogens is 2. The molecular formula is C14H13F4N5. The first-order valence-corrected chi connectivity index (χ1v) is 6.91. The molecule has 1 aliphatic carbocycles. The molecule has 1 saturated carbocycles. The van der Waals surface area contributed by atoms with Crippen molar-refractivity contribution in [2.75, 3.05) is 23.2 Å². The Morgan fingerprint density at radius 3 is 2.17 bits per heavy atom. The standard InChI is InChI=1S/C14H13F4N5/c1-19-14-20-9(6-2-3-6)5-10(21-14)22-23-13-11(17)7(15)4-8(16)12(13)18/h4-6,23H,2-3H2,1H3,(H2,19,20,21,22). The average Bonchev–Trinajstić information content (AvgIpc) is 3.37. The highest BCUT2D eigenvalue weighted by Gasteiger charge is 2.26. The number of hydrogen-bond donors (Lipinski definition) is 3. The molecule has 23 heavy (non-hydrogen) atoms. The minimum atomic E-state index is -1.53. The molecule has 3 rings (SSSR count). The van der Waals surface area contributed by atoms with Crippen molar-refractivity contribution in [2.24, 2.45) is 0 Å². The van der Waals surface area contributed by atoms with Crippen LogP contribution in [0.4, 0.5) is 35.0 Å². The smallest absolute Gasteiger partial charge is 0.224 e. The summed E-state index contributed by atoms with van der Waals surface area (Å²) in [7, 11) is 1.63. The molecular weight excluding hydrogens is 314 g/mol. The van der Waals surface area contributed by atoms with Gasteiger partial charge in [-0.15, -0.1) is 0 Å². The van der Waals surface area contributed by atoms with Gasteiger partial charge in [-0.3, -0.25) is 10.9 Å². The number of nitrogens with one attached hydrogen (secondary N) is 3. The quantitative estimate of drug-likeness (QED) is 0.446. The van der Waals surface area contributed by atoms with Gasteiger partial charge < -0.3 is 5.32 Å². The van der Waals surface area contributed by atoms with Gasteiger partial charge in [0.2, 0.25) is 5.95 Å². The first-order chi connectivity index (χ1) is 11.0. The summed E-state index contributed by atoms with van der Waals surface area (Å²) in [5, 5.41) is 2.77. The lowest BCUT2D eigenvalue weighted by molar-refractivity contribution is 0.459. The van der Waals surface area contributed by atoms with Crippen LogP contribution in [0.15, 0.2) is 12.1 Å². The number of hydrogen-bond acceptors (Lipinski definition) is 5. The predicted octanol–water partition coefficient (Wildman–Crippen LogP) is 3.39. The Morgan fingerprint density at radius 1 is 0.957 bits per heavy atom. The van der Waals surface area contributed by atoms with E-state index in [1.165, 1.54) is 0 Å². The van der Waals surface area contributed by atoms with Crippen LogP contribution in [0.2, 0.25) is 0 Å². The molecule has 2 aromatic rings. The van der Waals surface area contributed by atoms with Gasteiger partial charge in [-0.05, 0) is 12.8 Å². The van der Waals surface area contributed by atoms with Crippen LogP contribution in [0.5, 0.6) is 0 Å². The molecule has 0 saturated heterocycles. The molecule has 0 spiro atoms. The molecule has 1 fully saturated rings. The fourth-order valence-electron chi connectivity index (χ4n) is 2.04. The predicted molar refractivity (Wildman–Crippen MR) is 77.1 cm³/mol. The van der Waals surface area contributed by atoms with Crippen molar-refractivity contribution in [3.63, 3.8) is 0 Å². The van der Waals surface area contributed by atoms with Gasteiger partial charge in [0.15, 0.2) is 23.3 Å². The van der Waals surface area contributed by atoms with E-state index >= 15 is 0 Å². The number of anilines is 3. The third-order valence-corrected chi connectivity index (χ3v) is 3.39. The van der Waals surface area contributed by atoms with Crippen LogP contribution in [0, 0.1) is 23.3 Å². The maximum atomic E-state index is 13.6. The van der Waals surface area contributed by atoms with E-state index in [1.807, 2.05) is 0 Å². The fourth-order valence-corrected chi connectivity index (χ4v) is 2.04. The molecule has 9 heteroatoms. The summed E-state index contributed by atoms with van der Waals surface area (Å²) < 4.78 is 53.5. The van der Waals surface area contributed by atoms with Crippen molar-refractivity contribution < 1.29 is 17.6 Å². The van der Waals surface area contributed by atoms with Gasteiger partial charge in [-0.25, -0.2) is 22.5 Å². The number of halogens is 4. The lowest BCUT2D eigenvalue weighted by Crippen LogP contribution is -2.15. The van der Waals surface area contributed by atoms with Crippen molar-refractivity contribution in [3.8, 4) is 0 Å². The van der Waals surface area contributed by atoms with Crippen molar-refractivity contribution in [2.45, 2.75) is 18.8 Å². The molecule has 1 aromatic carbocycles. The summed E-state index contributed by atoms with van der Waals surface area (Å²) in [6, 6.07) is 1.75. The lowest BCUT2D eigenvalue weighted by Gasteiger charge is -2.13. The second-order valence-corrected chi connectivity index (χ2v) is 5.12. The minimum Gasteiger partial charge on any atom is -0.357 e. The SMILES string of the molecule is CNc1nc(NNc2c(F)c(F)cc(F)c2F)cc(C2CC2)n1. The van der Waals surface area contributed by atoms with Gasteiger partial charge in [0.05, 0.1) is 5.69 Å². The van der Waals surface area contributed by atoms with Crippen LogP contribution in [0.25, 0.3) is 0 Å². The van der Waals surface area contributed by atoms with Crippen LogP contribution >= 0.6 is 0 Å². The molecule has 0 atom stereocenters. The number of nitrogens with zero attached hydrogens (tertiary/aromatic N) is 2. The number of rotatable bonds is 5. The topological polar surface area (TPSA) is 61.9 Å². The molecule has 0 unspecified atom stereocenters. The van der Waals surface area contributed by atoms with Crippen LogP contribution in [-0.2, 0) is 0 Å². The molecule has 0 amide bonds. The highest BCUT2D eigenvalue weighted by atomic mass is 19.2. The average molecular weight is 327 g/mol. The van der Waals surface area contributed by atoms with Crippen LogP contribution in [0.1, 0.15) is 24.5 Å². The summed E-state index contributed by atoms with van der Waals surface area (Å²) in [6.45, 7) is 0. The van der Waals surface area contributed by atoms with Gasteiger partial charge in [0.1, 0.15) is 11.5 Å². The molecule has 0 bridgehead atoms. The third-order valence-electron chi connectivity index (χ3n) is 3.39. The zero-order valence-corrected chi connectivity index (χ0v) is 12.1. The fraction of sp³-hybridized carbons (Fsp3) is 0.286. The lowest BCUT2D eigenvalue weighted by atomic mass is 10.2. The molecule has 122 valence electrons. The van der Waals surface area contributed by atoms with E-state index in [2.05, 4.69) is 26.1 Å². The Labute approximate surface area is 129 Å². The van der Waals surface area contributed by atoms with E-state index < -0.39 is 29.0 Å². The number of benzene rings is 1. The maximum absolute atomic E-state index is 13.6. The summed E-state index contributed by atoms with van der Waals surface area (Å²) in [6.07, 6.45) is 2.01. The maximum Gasteiger partial charge on any atom is 0.224 e. The van der Waals surface area contributed by atoms with Gasteiger partial charge in [0, 0.05) is 25.1 Å². The Hall–Kier alpha value is -2.58. The minimum absolute atomic E-state index is 0.144. The van der Waals surface area contributed by atoms with Crippen molar-refractivity contribution in [1.29, 1.82) is 0 Å². The van der Waals surface area contributed by atoms with Crippen molar-refractivity contribution in [3.05, 3.63) is 41.1 Å². The van der Waals surface area contributed by atoms with E-state index in [4.69, 9.17) is 0 Å². The van der Waals surface area contributed by atoms with Crippen LogP contribution in [-0.4, -0.2) is 17.0 Å². The third kappa shape index (κ3) is 3.13. The van der Waals surface area contributed by atoms with Gasteiger partial charge >= 0.3 is 0 Å². The molecule has 1 heterocycles. The second-order valence-electron chi connectivity index (χ2n) is 5.12. The normalized spacial score (nSPS) is 13.8. The van der Waals surface area contributed by atoms with Crippen molar-refractivity contribution >= 4 is 17.5 Å². The molecule has 3 N–H and O–H groups in total. The number of hydrazine groups is 1.